The fourth-order valence-electron chi connectivity index (χ4n) is 5.58. The quantitative estimate of drug-likeness (QED) is 0.107. The number of methoxy groups -OCH3 is 1. The van der Waals surface area contributed by atoms with E-state index >= 15 is 0 Å². The fourth-order valence-corrected chi connectivity index (χ4v) is 6.19. The highest BCUT2D eigenvalue weighted by Crippen LogP contribution is 2.36. The van der Waals surface area contributed by atoms with Crippen LogP contribution in [-0.4, -0.2) is 76.7 Å². The summed E-state index contributed by atoms with van der Waals surface area (Å²) in [6.07, 6.45) is 4.60. The third-order valence-electron chi connectivity index (χ3n) is 8.28. The van der Waals surface area contributed by atoms with E-state index in [1.807, 2.05) is 66.0 Å². The molecule has 0 bridgehead atoms. The van der Waals surface area contributed by atoms with E-state index in [2.05, 4.69) is 15.0 Å². The molecule has 2 aromatic carbocycles. The smallest absolute Gasteiger partial charge is 0.297 e. The first kappa shape index (κ1) is 37.4. The van der Waals surface area contributed by atoms with Gasteiger partial charge in [-0.15, -0.1) is 0 Å². The van der Waals surface area contributed by atoms with Crippen molar-refractivity contribution in [2.75, 3.05) is 39.7 Å². The number of hydrogen-bond acceptors (Lipinski definition) is 9. The predicted molar refractivity (Wildman–Crippen MR) is 198 cm³/mol. The third-order valence-corrected chi connectivity index (χ3v) is 9.05. The molecule has 3 aromatic heterocycles. The minimum Gasteiger partial charge on any atom is -0.486 e. The number of rotatable bonds is 17. The lowest BCUT2D eigenvalue weighted by molar-refractivity contribution is -0.123. The molecule has 0 saturated heterocycles. The van der Waals surface area contributed by atoms with Crippen LogP contribution in [0, 0.1) is 0 Å². The summed E-state index contributed by atoms with van der Waals surface area (Å²) in [5.74, 6) is 0.300. The van der Waals surface area contributed by atoms with Crippen LogP contribution >= 0.6 is 23.2 Å². The van der Waals surface area contributed by atoms with E-state index in [0.29, 0.717) is 58.8 Å². The lowest BCUT2D eigenvalue weighted by Crippen LogP contribution is -2.27. The van der Waals surface area contributed by atoms with Gasteiger partial charge >= 0.3 is 0 Å². The molecule has 5 aromatic rings. The number of hydrogen-bond donors (Lipinski definition) is 0. The van der Waals surface area contributed by atoms with E-state index in [4.69, 9.17) is 32.7 Å². The van der Waals surface area contributed by atoms with Crippen LogP contribution in [0.5, 0.6) is 11.8 Å². The number of halogens is 2. The first-order valence-corrected chi connectivity index (χ1v) is 17.2. The van der Waals surface area contributed by atoms with Gasteiger partial charge in [-0.25, -0.2) is 0 Å². The van der Waals surface area contributed by atoms with Gasteiger partial charge < -0.3 is 19.3 Å². The second-order valence-corrected chi connectivity index (χ2v) is 13.2. The van der Waals surface area contributed by atoms with Crippen molar-refractivity contribution in [3.63, 3.8) is 0 Å². The van der Waals surface area contributed by atoms with E-state index in [9.17, 15) is 14.4 Å². The number of aromatic nitrogens is 4. The van der Waals surface area contributed by atoms with Gasteiger partial charge in [-0.05, 0) is 68.5 Å². The van der Waals surface area contributed by atoms with Gasteiger partial charge in [-0.3, -0.25) is 28.9 Å². The number of aryl methyl sites for hydroxylation is 1. The third kappa shape index (κ3) is 9.69. The summed E-state index contributed by atoms with van der Waals surface area (Å²) in [5, 5.41) is 0.655. The van der Waals surface area contributed by atoms with E-state index < -0.39 is 0 Å². The first-order valence-electron chi connectivity index (χ1n) is 16.4. The maximum Gasteiger partial charge on any atom is 0.297 e. The van der Waals surface area contributed by atoms with Crippen molar-refractivity contribution < 1.29 is 23.9 Å². The number of ketones is 2. The number of amides is 1. The van der Waals surface area contributed by atoms with Crippen molar-refractivity contribution >= 4 is 57.4 Å². The van der Waals surface area contributed by atoms with Crippen LogP contribution in [0.4, 0.5) is 5.69 Å². The molecule has 0 spiro atoms. The number of anilines is 1. The summed E-state index contributed by atoms with van der Waals surface area (Å²) in [5.41, 5.74) is 4.81. The monoisotopic (exact) mass is 730 g/mol. The maximum atomic E-state index is 13.2. The second-order valence-electron chi connectivity index (χ2n) is 12.4. The Bertz CT molecular complexity index is 2000. The van der Waals surface area contributed by atoms with E-state index in [-0.39, 0.29) is 54.8 Å². The van der Waals surface area contributed by atoms with Gasteiger partial charge in [0, 0.05) is 55.0 Å². The Morgan fingerprint density at radius 2 is 1.69 bits per heavy atom. The predicted octanol–water partition coefficient (Wildman–Crippen LogP) is 6.39. The first-order chi connectivity index (χ1) is 24.5. The number of fused-ring (bicyclic) bond motifs is 1. The highest BCUT2D eigenvalue weighted by atomic mass is 35.5. The number of likely N-dealkylation sites (N-methyl/N-ethyl adjacent to an activating group) is 1. The molecular formula is C38H40Cl2N6O5. The van der Waals surface area contributed by atoms with Crippen molar-refractivity contribution in [3.8, 4) is 11.8 Å². The number of nitrogens with zero attached hydrogens (tertiary/aromatic N) is 6. The Hall–Kier alpha value is -4.84. The van der Waals surface area contributed by atoms with Crippen molar-refractivity contribution in [1.82, 2.24) is 24.4 Å². The zero-order chi connectivity index (χ0) is 36.5. The fraction of sp³-hybridized carbons (Fsp3) is 0.316. The highest BCUT2D eigenvalue weighted by Gasteiger charge is 2.21. The standard InChI is InChI=1S/C38H40Cl2N6O5/c1-44(2)23-29(48)20-26-13-11-25(21-42-26)12-14-28(47)15-18-35(49)45(3)32-17-16-31(39)30(36(32)40)24-51-34-10-7-9-33-37(34)43-38(50-4)46(33)22-27-8-5-6-19-41-27/h5-11,13,16-17,19,21H,12,14-15,18,20,22-24H2,1-4H3. The largest absolute Gasteiger partial charge is 0.486 e. The molecule has 0 saturated carbocycles. The zero-order valence-electron chi connectivity index (χ0n) is 29.1. The molecule has 0 N–H and O–H groups in total. The number of carbonyl (C=O) groups excluding carboxylic acids is 3. The second kappa shape index (κ2) is 17.4. The van der Waals surface area contributed by atoms with Gasteiger partial charge in [0.2, 0.25) is 5.91 Å². The van der Waals surface area contributed by atoms with Crippen LogP contribution in [0.15, 0.2) is 73.1 Å². The normalized spacial score (nSPS) is 11.2. The van der Waals surface area contributed by atoms with Gasteiger partial charge in [-0.2, -0.15) is 4.98 Å². The van der Waals surface area contributed by atoms with E-state index in [1.54, 1.807) is 44.8 Å². The van der Waals surface area contributed by atoms with E-state index in [1.165, 1.54) is 4.90 Å². The molecule has 3 heterocycles. The molecule has 1 amide bonds. The average molecular weight is 732 g/mol. The van der Waals surface area contributed by atoms with Crippen LogP contribution in [0.1, 0.15) is 41.8 Å². The zero-order valence-corrected chi connectivity index (χ0v) is 30.6. The van der Waals surface area contributed by atoms with Crippen LogP contribution in [0.3, 0.4) is 0 Å². The Labute approximate surface area is 307 Å². The highest BCUT2D eigenvalue weighted by molar-refractivity contribution is 6.38. The summed E-state index contributed by atoms with van der Waals surface area (Å²) in [4.78, 5) is 54.6. The van der Waals surface area contributed by atoms with Crippen LogP contribution in [0.2, 0.25) is 10.0 Å². The number of benzene rings is 2. The molecule has 51 heavy (non-hydrogen) atoms. The lowest BCUT2D eigenvalue weighted by Gasteiger charge is -2.21. The van der Waals surface area contributed by atoms with Gasteiger partial charge in [0.15, 0.2) is 5.78 Å². The molecule has 11 nitrogen and oxygen atoms in total. The Morgan fingerprint density at radius 1 is 0.863 bits per heavy atom. The van der Waals surface area contributed by atoms with E-state index in [0.717, 1.165) is 16.8 Å². The molecule has 0 fully saturated rings. The number of Topliss-reactive ketones (excluding diaryl/α,β-unsaturated/α-hetero) is 2. The average Bonchev–Trinajstić information content (AvgIpc) is 3.47. The Balaban J connectivity index is 1.18. The van der Waals surface area contributed by atoms with Gasteiger partial charge in [0.25, 0.3) is 6.01 Å². The van der Waals surface area contributed by atoms with Crippen molar-refractivity contribution in [1.29, 1.82) is 0 Å². The summed E-state index contributed by atoms with van der Waals surface area (Å²) < 4.78 is 13.7. The van der Waals surface area contributed by atoms with Crippen molar-refractivity contribution in [3.05, 3.63) is 106 Å². The van der Waals surface area contributed by atoms with Crippen LogP contribution in [0.25, 0.3) is 11.0 Å². The molecule has 0 aliphatic heterocycles. The van der Waals surface area contributed by atoms with Crippen LogP contribution in [-0.2, 0) is 40.4 Å². The maximum absolute atomic E-state index is 13.2. The minimum absolute atomic E-state index is 0.0166. The van der Waals surface area contributed by atoms with Gasteiger partial charge in [0.1, 0.15) is 23.7 Å². The summed E-state index contributed by atoms with van der Waals surface area (Å²) >= 11 is 13.4. The van der Waals surface area contributed by atoms with Crippen LogP contribution < -0.4 is 14.4 Å². The lowest BCUT2D eigenvalue weighted by atomic mass is 10.1. The molecule has 266 valence electrons. The molecule has 0 unspecified atom stereocenters. The SMILES string of the molecule is COc1nc2c(OCc3c(Cl)ccc(N(C)C(=O)CCC(=O)CCc4ccc(CC(=O)CN(C)C)nc4)c3Cl)cccc2n1Cc1ccccn1. The molecule has 5 rings (SSSR count). The Kier molecular flexibility index (Phi) is 12.8. The minimum atomic E-state index is -0.261. The summed E-state index contributed by atoms with van der Waals surface area (Å²) in [6, 6.07) is 18.8. The van der Waals surface area contributed by atoms with Crippen molar-refractivity contribution in [2.45, 2.75) is 45.3 Å². The number of ether oxygens (including phenoxy) is 2. The molecule has 0 radical (unpaired) electrons. The molecule has 0 atom stereocenters. The molecule has 0 aliphatic carbocycles. The summed E-state index contributed by atoms with van der Waals surface area (Å²) in [7, 11) is 6.87. The molecule has 13 heteroatoms. The number of carbonyl (C=O) groups is 3. The van der Waals surface area contributed by atoms with Gasteiger partial charge in [0.05, 0.1) is 48.5 Å². The number of para-hydroxylation sites is 1. The topological polar surface area (TPSA) is 120 Å². The molecule has 0 aliphatic rings. The summed E-state index contributed by atoms with van der Waals surface area (Å²) in [6.45, 7) is 0.840. The molecular weight excluding hydrogens is 691 g/mol. The number of pyridine rings is 2. The Morgan fingerprint density at radius 3 is 2.39 bits per heavy atom. The number of imidazole rings is 1. The van der Waals surface area contributed by atoms with Gasteiger partial charge in [-0.1, -0.05) is 41.4 Å². The van der Waals surface area contributed by atoms with Crippen molar-refractivity contribution in [2.24, 2.45) is 0 Å².